The van der Waals surface area contributed by atoms with Gasteiger partial charge in [0.25, 0.3) is 0 Å². The molecule has 0 aromatic carbocycles. The Morgan fingerprint density at radius 2 is 1.00 bits per heavy atom. The number of hydrogen-bond donors (Lipinski definition) is 0. The molecular weight excluding hydrogens is 200 g/mol. The third-order valence-electron chi connectivity index (χ3n) is 0. The second-order valence-corrected chi connectivity index (χ2v) is 0.983. The maximum Gasteiger partial charge on any atom is 2.00 e. The number of carbonyl (C=O) groups is 2. The third kappa shape index (κ3) is 1540. The molecule has 0 bridgehead atoms. The first kappa shape index (κ1) is 22.4. The van der Waals surface area contributed by atoms with Crippen molar-refractivity contribution in [1.29, 1.82) is 0 Å². The first-order valence-corrected chi connectivity index (χ1v) is 1.82. The van der Waals surface area contributed by atoms with Crippen LogP contribution in [0.3, 0.4) is 0 Å². The van der Waals surface area contributed by atoms with Crippen molar-refractivity contribution in [3.8, 4) is 0 Å². The largest absolute Gasteiger partial charge is 2.00 e. The fraction of sp³-hybridized carbons (Fsp3) is 0.500. The van der Waals surface area contributed by atoms with E-state index in [2.05, 4.69) is 0 Å². The zero-order valence-corrected chi connectivity index (χ0v) is 11.3. The normalized spacial score (nSPS) is 5.00. The molecule has 0 aromatic heterocycles. The number of hydrogen-bond acceptors (Lipinski definition) is 4. The molecule has 0 unspecified atom stereocenters. The van der Waals surface area contributed by atoms with Crippen LogP contribution in [0.4, 0.5) is 0 Å². The quantitative estimate of drug-likeness (QED) is 0.370. The fourth-order valence-electron chi connectivity index (χ4n) is 0. The third-order valence-corrected chi connectivity index (χ3v) is 0. The van der Waals surface area contributed by atoms with E-state index < -0.39 is 11.9 Å². The van der Waals surface area contributed by atoms with Crippen LogP contribution in [-0.4, -0.2) is 11.9 Å². The Morgan fingerprint density at radius 1 is 1.00 bits per heavy atom. The molecule has 4 nitrogen and oxygen atoms in total. The summed E-state index contributed by atoms with van der Waals surface area (Å²) in [7, 11) is 0. The first-order chi connectivity index (χ1) is 3.46. The molecule has 0 saturated carbocycles. The minimum absolute atomic E-state index is 0. The van der Waals surface area contributed by atoms with Gasteiger partial charge in [-0.15, -0.1) is 0 Å². The summed E-state index contributed by atoms with van der Waals surface area (Å²) in [6.45, 7) is 1.94. The summed E-state index contributed by atoms with van der Waals surface area (Å²) in [4.78, 5) is 17.8. The minimum atomic E-state index is -1.08. The smallest absolute Gasteiger partial charge is 0.550 e. The van der Waals surface area contributed by atoms with Gasteiger partial charge in [0.15, 0.2) is 0 Å². The molecule has 48 valence electrons. The minimum Gasteiger partial charge on any atom is -0.550 e. The van der Waals surface area contributed by atoms with Crippen molar-refractivity contribution in [3.63, 3.8) is 0 Å². The molecule has 0 aliphatic rings. The van der Waals surface area contributed by atoms with E-state index in [9.17, 15) is 0 Å². The molecule has 0 aromatic rings. The summed E-state index contributed by atoms with van der Waals surface area (Å²) in [5.74, 6) is -2.17. The van der Waals surface area contributed by atoms with Gasteiger partial charge in [0.05, 0.1) is 0 Å². The summed E-state index contributed by atoms with van der Waals surface area (Å²) in [5, 5.41) is 17.8. The van der Waals surface area contributed by atoms with Crippen molar-refractivity contribution in [2.45, 2.75) is 13.8 Å². The molecule has 0 N–H and O–H groups in total. The van der Waals surface area contributed by atoms with E-state index in [1.54, 1.807) is 0 Å². The summed E-state index contributed by atoms with van der Waals surface area (Å²) in [6, 6.07) is 0. The van der Waals surface area contributed by atoms with Crippen LogP contribution in [0.2, 0.25) is 0 Å². The molecule has 0 fully saturated rings. The molecule has 0 heterocycles. The summed E-state index contributed by atoms with van der Waals surface area (Å²) < 4.78 is 0. The van der Waals surface area contributed by atoms with E-state index in [0.29, 0.717) is 0 Å². The molecule has 0 spiro atoms. The van der Waals surface area contributed by atoms with E-state index in [-0.39, 0.29) is 49.0 Å². The van der Waals surface area contributed by atoms with Crippen LogP contribution in [-0.2, 0) is 29.1 Å². The predicted molar refractivity (Wildman–Crippen MR) is 21.4 cm³/mol. The van der Waals surface area contributed by atoms with Gasteiger partial charge < -0.3 is 19.8 Å². The maximum absolute atomic E-state index is 8.89. The molecule has 0 saturated heterocycles. The van der Waals surface area contributed by atoms with Crippen LogP contribution >= 0.6 is 0 Å². The standard InChI is InChI=1S/2C2H4O2.Na.Zn/c2*1-2(3)4;;/h2*1H3,(H,3,4);;/q;;+1;+2/p-2. The first-order valence-electron chi connectivity index (χ1n) is 1.82. The van der Waals surface area contributed by atoms with Crippen molar-refractivity contribution < 1.29 is 68.8 Å². The second-order valence-electron chi connectivity index (χ2n) is 0.983. The van der Waals surface area contributed by atoms with Gasteiger partial charge in [-0.25, -0.2) is 0 Å². The second kappa shape index (κ2) is 16.3. The molecular formula is C4H6NaO4Zn+. The molecule has 0 aliphatic heterocycles. The Balaban J connectivity index is -0.0000000300. The van der Waals surface area contributed by atoms with Crippen molar-refractivity contribution in [2.24, 2.45) is 0 Å². The summed E-state index contributed by atoms with van der Waals surface area (Å²) in [5.41, 5.74) is 0. The number of carboxylic acid groups (broad SMARTS) is 2. The summed E-state index contributed by atoms with van der Waals surface area (Å²) >= 11 is 0. The van der Waals surface area contributed by atoms with Gasteiger partial charge in [0.2, 0.25) is 0 Å². The maximum atomic E-state index is 8.89. The molecule has 0 amide bonds. The number of aliphatic carboxylic acids is 2. The Kier molecular flexibility index (Phi) is 36.5. The van der Waals surface area contributed by atoms with Crippen LogP contribution in [0.15, 0.2) is 0 Å². The van der Waals surface area contributed by atoms with Crippen LogP contribution in [0.25, 0.3) is 0 Å². The molecule has 0 atom stereocenters. The van der Waals surface area contributed by atoms with E-state index in [0.717, 1.165) is 13.8 Å². The molecule has 0 radical (unpaired) electrons. The number of carboxylic acids is 2. The van der Waals surface area contributed by atoms with E-state index in [4.69, 9.17) is 19.8 Å². The Labute approximate surface area is 94.0 Å². The molecule has 10 heavy (non-hydrogen) atoms. The van der Waals surface area contributed by atoms with Gasteiger partial charge in [-0.1, -0.05) is 0 Å². The zero-order valence-electron chi connectivity index (χ0n) is 6.34. The SMILES string of the molecule is CC(=O)[O-].CC(=O)[O-].[Na+].[Zn+2]. The van der Waals surface area contributed by atoms with Gasteiger partial charge in [0, 0.05) is 11.9 Å². The monoisotopic (exact) mass is 205 g/mol. The van der Waals surface area contributed by atoms with Crippen molar-refractivity contribution >= 4 is 11.9 Å². The van der Waals surface area contributed by atoms with Gasteiger partial charge in [-0.05, 0) is 13.8 Å². The predicted octanol–water partition coefficient (Wildman–Crippen LogP) is -5.49. The molecule has 6 heteroatoms. The topological polar surface area (TPSA) is 80.3 Å². The van der Waals surface area contributed by atoms with E-state index >= 15 is 0 Å². The van der Waals surface area contributed by atoms with Gasteiger partial charge in [-0.3, -0.25) is 0 Å². The van der Waals surface area contributed by atoms with Gasteiger partial charge in [-0.2, -0.15) is 0 Å². The number of rotatable bonds is 0. The fourth-order valence-corrected chi connectivity index (χ4v) is 0. The number of carbonyl (C=O) groups excluding carboxylic acids is 2. The van der Waals surface area contributed by atoms with Crippen molar-refractivity contribution in [3.05, 3.63) is 0 Å². The average Bonchev–Trinajstić information content (AvgIpc) is 1.25. The molecule has 0 rings (SSSR count). The van der Waals surface area contributed by atoms with E-state index in [1.807, 2.05) is 0 Å². The Morgan fingerprint density at radius 3 is 1.00 bits per heavy atom. The van der Waals surface area contributed by atoms with Crippen LogP contribution in [0.1, 0.15) is 13.8 Å². The van der Waals surface area contributed by atoms with Gasteiger partial charge >= 0.3 is 49.0 Å². The van der Waals surface area contributed by atoms with Crippen LogP contribution in [0.5, 0.6) is 0 Å². The summed E-state index contributed by atoms with van der Waals surface area (Å²) in [6.07, 6.45) is 0. The Bertz CT molecular complexity index is 75.3. The van der Waals surface area contributed by atoms with Crippen molar-refractivity contribution in [2.75, 3.05) is 0 Å². The van der Waals surface area contributed by atoms with E-state index in [1.165, 1.54) is 0 Å². The zero-order chi connectivity index (χ0) is 7.15. The van der Waals surface area contributed by atoms with Crippen LogP contribution in [0, 0.1) is 0 Å². The Hall–Kier alpha value is 0.563. The van der Waals surface area contributed by atoms with Crippen LogP contribution < -0.4 is 39.8 Å². The molecule has 0 aliphatic carbocycles. The average molecular weight is 206 g/mol. The van der Waals surface area contributed by atoms with Gasteiger partial charge in [0.1, 0.15) is 0 Å². The van der Waals surface area contributed by atoms with Crippen molar-refractivity contribution in [1.82, 2.24) is 0 Å².